The first-order valence-electron chi connectivity index (χ1n) is 6.02. The van der Waals surface area contributed by atoms with E-state index in [2.05, 4.69) is 72.2 Å². The third-order valence-corrected chi connectivity index (χ3v) is 4.02. The molecule has 2 rings (SSSR count). The highest BCUT2D eigenvalue weighted by Gasteiger charge is 2.11. The summed E-state index contributed by atoms with van der Waals surface area (Å²) < 4.78 is 1.10. The maximum atomic E-state index is 6.55. The van der Waals surface area contributed by atoms with Gasteiger partial charge in [0.05, 0.1) is 5.38 Å². The molecule has 18 heavy (non-hydrogen) atoms. The minimum Gasteiger partial charge on any atom is -0.117 e. The van der Waals surface area contributed by atoms with E-state index in [1.165, 1.54) is 22.3 Å². The zero-order valence-corrected chi connectivity index (χ0v) is 12.9. The van der Waals surface area contributed by atoms with Crippen LogP contribution >= 0.6 is 27.5 Å². The van der Waals surface area contributed by atoms with Gasteiger partial charge in [0.2, 0.25) is 0 Å². The molecule has 1 unspecified atom stereocenters. The highest BCUT2D eigenvalue weighted by atomic mass is 79.9. The molecule has 2 aromatic rings. The van der Waals surface area contributed by atoms with Crippen LogP contribution in [-0.2, 0) is 6.42 Å². The Labute approximate surface area is 122 Å². The lowest BCUT2D eigenvalue weighted by Crippen LogP contribution is -1.99. The van der Waals surface area contributed by atoms with Gasteiger partial charge < -0.3 is 0 Å². The number of aryl methyl sites for hydroxylation is 2. The fraction of sp³-hybridized carbons (Fsp3) is 0.250. The van der Waals surface area contributed by atoms with E-state index in [0.717, 1.165) is 10.9 Å². The van der Waals surface area contributed by atoms with E-state index in [4.69, 9.17) is 11.6 Å². The van der Waals surface area contributed by atoms with Crippen LogP contribution in [0.15, 0.2) is 46.9 Å². The highest BCUT2D eigenvalue weighted by molar-refractivity contribution is 9.10. The molecule has 0 aliphatic heterocycles. The van der Waals surface area contributed by atoms with Crippen molar-refractivity contribution in [2.75, 3.05) is 0 Å². The molecule has 0 spiro atoms. The van der Waals surface area contributed by atoms with Gasteiger partial charge in [-0.25, -0.2) is 0 Å². The van der Waals surface area contributed by atoms with Gasteiger partial charge in [0.1, 0.15) is 0 Å². The zero-order chi connectivity index (χ0) is 13.1. The molecule has 0 fully saturated rings. The van der Waals surface area contributed by atoms with Gasteiger partial charge in [-0.05, 0) is 49.1 Å². The first-order valence-corrected chi connectivity index (χ1v) is 7.25. The average Bonchev–Trinajstić information content (AvgIpc) is 2.35. The van der Waals surface area contributed by atoms with Gasteiger partial charge in [0, 0.05) is 4.47 Å². The molecule has 2 heteroatoms. The predicted molar refractivity (Wildman–Crippen MR) is 82.4 cm³/mol. The summed E-state index contributed by atoms with van der Waals surface area (Å²) in [6.07, 6.45) is 0.860. The third kappa shape index (κ3) is 3.37. The van der Waals surface area contributed by atoms with E-state index >= 15 is 0 Å². The predicted octanol–water partition coefficient (Wildman–Crippen LogP) is 5.59. The molecular weight excluding hydrogens is 308 g/mol. The van der Waals surface area contributed by atoms with Crippen LogP contribution in [0, 0.1) is 13.8 Å². The number of rotatable bonds is 3. The summed E-state index contributed by atoms with van der Waals surface area (Å²) in [6.45, 7) is 4.22. The molecule has 0 bridgehead atoms. The van der Waals surface area contributed by atoms with Crippen molar-refractivity contribution >= 4 is 27.5 Å². The number of alkyl halides is 1. The van der Waals surface area contributed by atoms with Crippen LogP contribution in [0.25, 0.3) is 0 Å². The fourth-order valence-corrected chi connectivity index (χ4v) is 2.71. The van der Waals surface area contributed by atoms with Gasteiger partial charge >= 0.3 is 0 Å². The van der Waals surface area contributed by atoms with Crippen LogP contribution in [0.4, 0.5) is 0 Å². The van der Waals surface area contributed by atoms with Crippen molar-refractivity contribution in [3.63, 3.8) is 0 Å². The Morgan fingerprint density at radius 1 is 1.06 bits per heavy atom. The molecule has 94 valence electrons. The summed E-state index contributed by atoms with van der Waals surface area (Å²) in [6, 6.07) is 14.8. The Kier molecular flexibility index (Phi) is 4.47. The maximum absolute atomic E-state index is 6.55. The molecular formula is C16H16BrCl. The van der Waals surface area contributed by atoms with Gasteiger partial charge in [-0.1, -0.05) is 51.8 Å². The van der Waals surface area contributed by atoms with Gasteiger partial charge in [0.25, 0.3) is 0 Å². The van der Waals surface area contributed by atoms with E-state index in [1.54, 1.807) is 0 Å². The maximum Gasteiger partial charge on any atom is 0.0628 e. The van der Waals surface area contributed by atoms with Crippen LogP contribution < -0.4 is 0 Å². The van der Waals surface area contributed by atoms with Crippen LogP contribution in [-0.4, -0.2) is 0 Å². The molecule has 0 amide bonds. The van der Waals surface area contributed by atoms with E-state index in [-0.39, 0.29) is 5.38 Å². The van der Waals surface area contributed by atoms with Crippen molar-refractivity contribution in [2.45, 2.75) is 25.6 Å². The largest absolute Gasteiger partial charge is 0.117 e. The standard InChI is InChI=1S/C16H16BrCl/c1-11-3-4-12(2)15(9-11)16(18)10-13-5-7-14(17)8-6-13/h3-9,16H,10H2,1-2H3. The Hall–Kier alpha value is -0.790. The Morgan fingerprint density at radius 3 is 2.39 bits per heavy atom. The number of hydrogen-bond donors (Lipinski definition) is 0. The second-order valence-corrected chi connectivity index (χ2v) is 6.10. The van der Waals surface area contributed by atoms with Crippen LogP contribution in [0.5, 0.6) is 0 Å². The minimum absolute atomic E-state index is 0.0334. The molecule has 0 heterocycles. The molecule has 1 atom stereocenters. The molecule has 0 N–H and O–H groups in total. The number of hydrogen-bond acceptors (Lipinski definition) is 0. The number of halogens is 2. The lowest BCUT2D eigenvalue weighted by atomic mass is 9.98. The van der Waals surface area contributed by atoms with Crippen LogP contribution in [0.1, 0.15) is 27.6 Å². The van der Waals surface area contributed by atoms with Crippen molar-refractivity contribution in [3.05, 3.63) is 69.2 Å². The molecule has 0 aliphatic carbocycles. The molecule has 0 radical (unpaired) electrons. The second kappa shape index (κ2) is 5.90. The van der Waals surface area contributed by atoms with Gasteiger partial charge in [-0.2, -0.15) is 0 Å². The number of benzene rings is 2. The van der Waals surface area contributed by atoms with Crippen molar-refractivity contribution in [3.8, 4) is 0 Å². The third-order valence-electron chi connectivity index (χ3n) is 3.10. The van der Waals surface area contributed by atoms with Crippen LogP contribution in [0.2, 0.25) is 0 Å². The summed E-state index contributed by atoms with van der Waals surface area (Å²) in [5.41, 5.74) is 5.02. The monoisotopic (exact) mass is 322 g/mol. The quantitative estimate of drug-likeness (QED) is 0.646. The first-order chi connectivity index (χ1) is 8.56. The Balaban J connectivity index is 2.18. The summed E-state index contributed by atoms with van der Waals surface area (Å²) >= 11 is 9.99. The van der Waals surface area contributed by atoms with E-state index in [9.17, 15) is 0 Å². The smallest absolute Gasteiger partial charge is 0.0628 e. The minimum atomic E-state index is 0.0334. The molecule has 2 aromatic carbocycles. The van der Waals surface area contributed by atoms with Crippen molar-refractivity contribution in [2.24, 2.45) is 0 Å². The summed E-state index contributed by atoms with van der Waals surface area (Å²) in [5, 5.41) is 0.0334. The Morgan fingerprint density at radius 2 is 1.72 bits per heavy atom. The lowest BCUT2D eigenvalue weighted by Gasteiger charge is -2.14. The van der Waals surface area contributed by atoms with Crippen molar-refractivity contribution in [1.82, 2.24) is 0 Å². The summed E-state index contributed by atoms with van der Waals surface area (Å²) in [4.78, 5) is 0. The summed E-state index contributed by atoms with van der Waals surface area (Å²) in [5.74, 6) is 0. The SMILES string of the molecule is Cc1ccc(C)c(C(Cl)Cc2ccc(Br)cc2)c1. The lowest BCUT2D eigenvalue weighted by molar-refractivity contribution is 0.907. The van der Waals surface area contributed by atoms with Crippen molar-refractivity contribution in [1.29, 1.82) is 0 Å². The van der Waals surface area contributed by atoms with Gasteiger partial charge in [-0.3, -0.25) is 0 Å². The molecule has 0 saturated carbocycles. The molecule has 0 aliphatic rings. The van der Waals surface area contributed by atoms with E-state index in [0.29, 0.717) is 0 Å². The average molecular weight is 324 g/mol. The van der Waals surface area contributed by atoms with Gasteiger partial charge in [0.15, 0.2) is 0 Å². The van der Waals surface area contributed by atoms with Crippen molar-refractivity contribution < 1.29 is 0 Å². The Bertz CT molecular complexity index is 531. The second-order valence-electron chi connectivity index (χ2n) is 4.66. The fourth-order valence-electron chi connectivity index (χ4n) is 2.03. The molecule has 0 nitrogen and oxygen atoms in total. The normalized spacial score (nSPS) is 12.4. The molecule has 0 saturated heterocycles. The highest BCUT2D eigenvalue weighted by Crippen LogP contribution is 2.28. The topological polar surface area (TPSA) is 0 Å². The zero-order valence-electron chi connectivity index (χ0n) is 10.6. The van der Waals surface area contributed by atoms with Crippen LogP contribution in [0.3, 0.4) is 0 Å². The first kappa shape index (κ1) is 13.6. The van der Waals surface area contributed by atoms with E-state index < -0.39 is 0 Å². The van der Waals surface area contributed by atoms with E-state index in [1.807, 2.05) is 0 Å². The summed E-state index contributed by atoms with van der Waals surface area (Å²) in [7, 11) is 0. The molecule has 0 aromatic heterocycles. The van der Waals surface area contributed by atoms with Gasteiger partial charge in [-0.15, -0.1) is 11.6 Å².